The van der Waals surface area contributed by atoms with Crippen molar-refractivity contribution in [2.45, 2.75) is 33.1 Å². The summed E-state index contributed by atoms with van der Waals surface area (Å²) in [5, 5.41) is -2.78. The quantitative estimate of drug-likeness (QED) is 0.517. The molecule has 0 saturated carbocycles. The number of rotatable bonds is 7. The summed E-state index contributed by atoms with van der Waals surface area (Å²) in [6, 6.07) is 0. The zero-order valence-electron chi connectivity index (χ0n) is 9.99. The summed E-state index contributed by atoms with van der Waals surface area (Å²) >= 11 is 0. The molecular formula is C9H18FO5P. The Morgan fingerprint density at radius 1 is 1.19 bits per heavy atom. The summed E-state index contributed by atoms with van der Waals surface area (Å²) in [7, 11) is -4.15. The van der Waals surface area contributed by atoms with Gasteiger partial charge in [0.25, 0.3) is 0 Å². The van der Waals surface area contributed by atoms with Crippen molar-refractivity contribution in [2.75, 3.05) is 19.8 Å². The molecule has 0 fully saturated rings. The molecule has 5 nitrogen and oxygen atoms in total. The van der Waals surface area contributed by atoms with Crippen LogP contribution < -0.4 is 0 Å². The van der Waals surface area contributed by atoms with Crippen LogP contribution >= 0.6 is 7.60 Å². The lowest BCUT2D eigenvalue weighted by atomic mass is 10.4. The maximum absolute atomic E-state index is 14.1. The fourth-order valence-electron chi connectivity index (χ4n) is 0.994. The van der Waals surface area contributed by atoms with Crippen molar-refractivity contribution in [1.29, 1.82) is 0 Å². The zero-order valence-corrected chi connectivity index (χ0v) is 10.9. The number of alkyl halides is 1. The average molecular weight is 256 g/mol. The molecule has 0 heterocycles. The molecule has 7 heteroatoms. The van der Waals surface area contributed by atoms with Crippen LogP contribution in [0.5, 0.6) is 0 Å². The van der Waals surface area contributed by atoms with Crippen LogP contribution in [0, 0.1) is 0 Å². The van der Waals surface area contributed by atoms with Gasteiger partial charge in [0.1, 0.15) is 0 Å². The van der Waals surface area contributed by atoms with E-state index in [1.807, 2.05) is 0 Å². The summed E-state index contributed by atoms with van der Waals surface area (Å²) in [5.74, 6) is -1.24. The minimum atomic E-state index is -4.15. The van der Waals surface area contributed by atoms with Gasteiger partial charge in [-0.15, -0.1) is 0 Å². The third kappa shape index (κ3) is 3.27. The first-order valence-corrected chi connectivity index (χ1v) is 6.65. The van der Waals surface area contributed by atoms with E-state index in [-0.39, 0.29) is 19.8 Å². The number of hydrogen-bond acceptors (Lipinski definition) is 5. The summed E-state index contributed by atoms with van der Waals surface area (Å²) < 4.78 is 40.2. The number of carbonyl (C=O) groups excluding carboxylic acids is 1. The molecule has 0 aromatic heterocycles. The molecule has 0 aromatic carbocycles. The van der Waals surface area contributed by atoms with Crippen molar-refractivity contribution < 1.29 is 27.5 Å². The lowest BCUT2D eigenvalue weighted by Crippen LogP contribution is -2.34. The maximum atomic E-state index is 14.1. The van der Waals surface area contributed by atoms with E-state index in [2.05, 4.69) is 4.74 Å². The van der Waals surface area contributed by atoms with Gasteiger partial charge in [-0.05, 0) is 27.7 Å². The largest absolute Gasteiger partial charge is 0.463 e. The van der Waals surface area contributed by atoms with Gasteiger partial charge in [0.2, 0.25) is 0 Å². The molecule has 0 radical (unpaired) electrons. The van der Waals surface area contributed by atoms with Crippen molar-refractivity contribution in [3.63, 3.8) is 0 Å². The van der Waals surface area contributed by atoms with Gasteiger partial charge in [0, 0.05) is 0 Å². The second-order valence-electron chi connectivity index (χ2n) is 3.01. The third-order valence-electron chi connectivity index (χ3n) is 1.76. The maximum Gasteiger partial charge on any atom is 0.378 e. The van der Waals surface area contributed by atoms with Crippen LogP contribution in [-0.2, 0) is 23.1 Å². The van der Waals surface area contributed by atoms with Crippen LogP contribution in [0.15, 0.2) is 0 Å². The molecule has 0 aliphatic rings. The Bertz CT molecular complexity index is 269. The second-order valence-corrected chi connectivity index (χ2v) is 5.36. The van der Waals surface area contributed by atoms with E-state index in [1.54, 1.807) is 0 Å². The first-order chi connectivity index (χ1) is 7.35. The molecule has 0 aromatic rings. The van der Waals surface area contributed by atoms with Crippen molar-refractivity contribution in [3.8, 4) is 0 Å². The van der Waals surface area contributed by atoms with Gasteiger partial charge in [0.15, 0.2) is 0 Å². The molecular weight excluding hydrogens is 238 g/mol. The molecule has 0 rings (SSSR count). The number of ether oxygens (including phenoxy) is 1. The Balaban J connectivity index is 5.02. The van der Waals surface area contributed by atoms with E-state index >= 15 is 0 Å². The Morgan fingerprint density at radius 3 is 1.94 bits per heavy atom. The summed E-state index contributed by atoms with van der Waals surface area (Å²) in [4.78, 5) is 11.3. The first-order valence-electron chi connectivity index (χ1n) is 5.11. The molecule has 0 aliphatic heterocycles. The van der Waals surface area contributed by atoms with E-state index in [0.717, 1.165) is 6.92 Å². The van der Waals surface area contributed by atoms with Crippen LogP contribution in [-0.4, -0.2) is 31.2 Å². The fourth-order valence-corrected chi connectivity index (χ4v) is 2.52. The van der Waals surface area contributed by atoms with Crippen LogP contribution in [0.2, 0.25) is 0 Å². The second kappa shape index (κ2) is 6.33. The lowest BCUT2D eigenvalue weighted by molar-refractivity contribution is -0.151. The summed E-state index contributed by atoms with van der Waals surface area (Å²) in [6.07, 6.45) is 0. The van der Waals surface area contributed by atoms with E-state index in [4.69, 9.17) is 9.05 Å². The monoisotopic (exact) mass is 256 g/mol. The van der Waals surface area contributed by atoms with Gasteiger partial charge >= 0.3 is 19.0 Å². The normalized spacial score (nSPS) is 15.6. The van der Waals surface area contributed by atoms with Gasteiger partial charge in [-0.25, -0.2) is 9.18 Å². The Labute approximate surface area is 94.8 Å². The fraction of sp³-hybridized carbons (Fsp3) is 0.889. The standard InChI is InChI=1S/C9H18FO5P/c1-5-13-8(11)9(4,10)16(12,14-6-2)15-7-3/h5-7H2,1-4H3. The van der Waals surface area contributed by atoms with Gasteiger partial charge in [0.05, 0.1) is 19.8 Å². The van der Waals surface area contributed by atoms with E-state index in [0.29, 0.717) is 0 Å². The number of halogens is 1. The molecule has 96 valence electrons. The summed E-state index contributed by atoms with van der Waals surface area (Å²) in [5.41, 5.74) is 0. The predicted molar refractivity (Wildman–Crippen MR) is 57.0 cm³/mol. The van der Waals surface area contributed by atoms with Crippen LogP contribution in [0.25, 0.3) is 0 Å². The molecule has 0 N–H and O–H groups in total. The van der Waals surface area contributed by atoms with Gasteiger partial charge in [-0.3, -0.25) is 4.57 Å². The SMILES string of the molecule is CCOC(=O)C(C)(F)P(=O)(OCC)OCC. The highest BCUT2D eigenvalue weighted by molar-refractivity contribution is 7.56. The zero-order chi connectivity index (χ0) is 12.8. The highest BCUT2D eigenvalue weighted by Crippen LogP contribution is 2.61. The lowest BCUT2D eigenvalue weighted by Gasteiger charge is -2.26. The summed E-state index contributed by atoms with van der Waals surface area (Å²) in [6.45, 7) is 5.40. The molecule has 16 heavy (non-hydrogen) atoms. The average Bonchev–Trinajstić information content (AvgIpc) is 2.18. The van der Waals surface area contributed by atoms with Gasteiger partial charge in [-0.1, -0.05) is 0 Å². The van der Waals surface area contributed by atoms with E-state index in [1.165, 1.54) is 20.8 Å². The minimum absolute atomic E-state index is 0.00338. The first kappa shape index (κ1) is 15.6. The van der Waals surface area contributed by atoms with Crippen molar-refractivity contribution in [3.05, 3.63) is 0 Å². The smallest absolute Gasteiger partial charge is 0.378 e. The highest BCUT2D eigenvalue weighted by Gasteiger charge is 2.55. The molecule has 0 bridgehead atoms. The van der Waals surface area contributed by atoms with Crippen molar-refractivity contribution >= 4 is 13.6 Å². The molecule has 0 saturated heterocycles. The molecule has 0 spiro atoms. The predicted octanol–water partition coefficient (Wildman–Crippen LogP) is 2.50. The highest BCUT2D eigenvalue weighted by atomic mass is 31.2. The van der Waals surface area contributed by atoms with Gasteiger partial charge < -0.3 is 13.8 Å². The van der Waals surface area contributed by atoms with E-state index < -0.39 is 19.0 Å². The van der Waals surface area contributed by atoms with Crippen molar-refractivity contribution in [1.82, 2.24) is 0 Å². The number of hydrogen-bond donors (Lipinski definition) is 0. The topological polar surface area (TPSA) is 61.8 Å². The van der Waals surface area contributed by atoms with Crippen LogP contribution in [0.3, 0.4) is 0 Å². The molecule has 0 aliphatic carbocycles. The molecule has 1 unspecified atom stereocenters. The Morgan fingerprint density at radius 2 is 1.62 bits per heavy atom. The third-order valence-corrected chi connectivity index (χ3v) is 4.17. The van der Waals surface area contributed by atoms with Gasteiger partial charge in [-0.2, -0.15) is 0 Å². The molecule has 0 amide bonds. The van der Waals surface area contributed by atoms with Crippen LogP contribution in [0.1, 0.15) is 27.7 Å². The Kier molecular flexibility index (Phi) is 6.15. The van der Waals surface area contributed by atoms with E-state index in [9.17, 15) is 13.8 Å². The minimum Gasteiger partial charge on any atom is -0.463 e. The number of carbonyl (C=O) groups is 1. The number of esters is 1. The molecule has 1 atom stereocenters. The Hall–Kier alpha value is -0.450. The van der Waals surface area contributed by atoms with Crippen LogP contribution in [0.4, 0.5) is 4.39 Å². The van der Waals surface area contributed by atoms with Crippen molar-refractivity contribution in [2.24, 2.45) is 0 Å².